The van der Waals surface area contributed by atoms with Gasteiger partial charge in [0.15, 0.2) is 11.6 Å². The molecule has 2 heterocycles. The molecule has 0 saturated heterocycles. The second kappa shape index (κ2) is 18.1. The first-order valence-electron chi connectivity index (χ1n) is 21.3. The molecule has 68 heavy (non-hydrogen) atoms. The Morgan fingerprint density at radius 1 is 0.353 bits per heavy atom. The molecule has 0 N–H and O–H groups in total. The van der Waals surface area contributed by atoms with Gasteiger partial charge in [0, 0.05) is 22.3 Å². The van der Waals surface area contributed by atoms with Gasteiger partial charge in [0.2, 0.25) is 0 Å². The summed E-state index contributed by atoms with van der Waals surface area (Å²) in [7, 11) is 0. The molecule has 8 aromatic rings. The van der Waals surface area contributed by atoms with Crippen molar-refractivity contribution in [3.8, 4) is 56.4 Å². The molecule has 10 rings (SSSR count). The molecule has 0 unspecified atom stereocenters. The van der Waals surface area contributed by atoms with Gasteiger partial charge in [0.25, 0.3) is 0 Å². The first-order chi connectivity index (χ1) is 33.1. The fraction of sp³-hybridized carbons (Fsp3) is 0. The average molecular weight is 891 g/mol. The van der Waals surface area contributed by atoms with E-state index in [0.29, 0.717) is 22.6 Å². The van der Waals surface area contributed by atoms with E-state index in [0.717, 1.165) is 33.4 Å². The molecule has 0 aromatic heterocycles. The first-order valence-corrected chi connectivity index (χ1v) is 21.3. The molecular weight excluding hydrogens is 857 g/mol. The van der Waals surface area contributed by atoms with Gasteiger partial charge in [-0.1, -0.05) is 146 Å². The van der Waals surface area contributed by atoms with E-state index < -0.39 is 23.9 Å². The van der Waals surface area contributed by atoms with Crippen LogP contribution in [-0.2, 0) is 9.47 Å². The van der Waals surface area contributed by atoms with Crippen molar-refractivity contribution in [2.45, 2.75) is 0 Å². The number of fused-ring (bicyclic) bond motifs is 5. The number of rotatable bonds is 12. The third-order valence-electron chi connectivity index (χ3n) is 11.4. The Morgan fingerprint density at radius 3 is 1.00 bits per heavy atom. The Labute approximate surface area is 389 Å². The van der Waals surface area contributed by atoms with Gasteiger partial charge in [-0.2, -0.15) is 0 Å². The Morgan fingerprint density at radius 2 is 0.662 bits per heavy atom. The fourth-order valence-electron chi connectivity index (χ4n) is 7.81. The second-order valence-corrected chi connectivity index (χ2v) is 15.8. The molecular formula is C58H34O10. The molecule has 4 bridgehead atoms. The van der Waals surface area contributed by atoms with Crippen molar-refractivity contribution in [1.82, 2.24) is 0 Å². The predicted molar refractivity (Wildman–Crippen MR) is 255 cm³/mol. The molecule has 0 saturated carbocycles. The lowest BCUT2D eigenvalue weighted by Crippen LogP contribution is -2.23. The maximum atomic E-state index is 13.6. The molecule has 0 aliphatic carbocycles. The highest BCUT2D eigenvalue weighted by molar-refractivity contribution is 6.17. The number of allylic oxidation sites excluding steroid dienone is 2. The summed E-state index contributed by atoms with van der Waals surface area (Å²) >= 11 is 0. The highest BCUT2D eigenvalue weighted by atomic mass is 16.6. The molecule has 0 fully saturated rings. The third kappa shape index (κ3) is 8.80. The fourth-order valence-corrected chi connectivity index (χ4v) is 7.81. The van der Waals surface area contributed by atoms with Crippen LogP contribution in [0, 0.1) is 0 Å². The van der Waals surface area contributed by atoms with Crippen molar-refractivity contribution in [2.24, 2.45) is 0 Å². The summed E-state index contributed by atoms with van der Waals surface area (Å²) in [5.74, 6) is -3.81. The molecule has 0 spiro atoms. The zero-order chi connectivity index (χ0) is 46.7. The van der Waals surface area contributed by atoms with Crippen molar-refractivity contribution >= 4 is 47.6 Å². The zero-order valence-corrected chi connectivity index (χ0v) is 35.7. The highest BCUT2D eigenvalue weighted by Crippen LogP contribution is 2.45. The molecule has 2 aliphatic rings. The van der Waals surface area contributed by atoms with E-state index in [4.69, 9.17) is 18.9 Å². The van der Waals surface area contributed by atoms with E-state index >= 15 is 0 Å². The Bertz CT molecular complexity index is 3160. The van der Waals surface area contributed by atoms with Gasteiger partial charge < -0.3 is 18.9 Å². The summed E-state index contributed by atoms with van der Waals surface area (Å²) < 4.78 is 23.3. The SMILES string of the molecule is O=C(C=Cc1ccc(-c2ccc(Oc3cc4c5cc3-c3cc(c(cc3Oc3ccc(-c6ccc(C=CC(=O)c7ccccc7)cc6)cc3)C(=O)OC4=O)C(=O)OC5=O)cc2)cc1)c1ccccc1. The van der Waals surface area contributed by atoms with E-state index in [1.807, 2.05) is 109 Å². The highest BCUT2D eigenvalue weighted by Gasteiger charge is 2.35. The number of carbonyl (C=O) groups excluding carboxylic acids is 6. The summed E-state index contributed by atoms with van der Waals surface area (Å²) in [5.41, 5.74) is 5.66. The van der Waals surface area contributed by atoms with E-state index in [-0.39, 0.29) is 56.4 Å². The Kier molecular flexibility index (Phi) is 11.3. The quantitative estimate of drug-likeness (QED) is 0.0504. The summed E-state index contributed by atoms with van der Waals surface area (Å²) in [6.45, 7) is 0. The largest absolute Gasteiger partial charge is 0.457 e. The van der Waals surface area contributed by atoms with Gasteiger partial charge in [0.05, 0.1) is 22.3 Å². The van der Waals surface area contributed by atoms with Crippen LogP contribution in [0.25, 0.3) is 45.5 Å². The maximum absolute atomic E-state index is 13.6. The topological polar surface area (TPSA) is 139 Å². The van der Waals surface area contributed by atoms with Crippen LogP contribution >= 0.6 is 0 Å². The monoisotopic (exact) mass is 890 g/mol. The lowest BCUT2D eigenvalue weighted by atomic mass is 9.95. The molecule has 326 valence electrons. The van der Waals surface area contributed by atoms with Crippen LogP contribution in [0.3, 0.4) is 0 Å². The van der Waals surface area contributed by atoms with Gasteiger partial charge in [0.1, 0.15) is 23.0 Å². The molecule has 10 heteroatoms. The number of hydrogen-bond donors (Lipinski definition) is 0. The molecule has 2 aliphatic heterocycles. The molecule has 0 amide bonds. The minimum Gasteiger partial charge on any atom is -0.457 e. The number of ether oxygens (including phenoxy) is 4. The smallest absolute Gasteiger partial charge is 0.347 e. The Balaban J connectivity index is 0.932. The van der Waals surface area contributed by atoms with Crippen LogP contribution in [0.1, 0.15) is 73.3 Å². The van der Waals surface area contributed by atoms with E-state index in [1.54, 1.807) is 72.8 Å². The summed E-state index contributed by atoms with van der Waals surface area (Å²) in [5, 5.41) is 0. The van der Waals surface area contributed by atoms with Crippen molar-refractivity contribution in [3.63, 3.8) is 0 Å². The number of cyclic esters (lactones) is 2. The minimum atomic E-state index is -1.15. The van der Waals surface area contributed by atoms with Gasteiger partial charge in [-0.15, -0.1) is 0 Å². The first kappa shape index (κ1) is 42.4. The van der Waals surface area contributed by atoms with Gasteiger partial charge in [-0.3, -0.25) is 9.59 Å². The van der Waals surface area contributed by atoms with E-state index in [1.165, 1.54) is 24.3 Å². The number of esters is 4. The van der Waals surface area contributed by atoms with Crippen LogP contribution in [-0.4, -0.2) is 35.4 Å². The maximum Gasteiger partial charge on any atom is 0.347 e. The van der Waals surface area contributed by atoms with Crippen LogP contribution in [0.15, 0.2) is 194 Å². The van der Waals surface area contributed by atoms with Crippen LogP contribution in [0.4, 0.5) is 0 Å². The number of ketones is 2. The van der Waals surface area contributed by atoms with Crippen molar-refractivity contribution in [1.29, 1.82) is 0 Å². The predicted octanol–water partition coefficient (Wildman–Crippen LogP) is 12.7. The Hall–Kier alpha value is -9.54. The van der Waals surface area contributed by atoms with Crippen LogP contribution in [0.2, 0.25) is 0 Å². The summed E-state index contributed by atoms with van der Waals surface area (Å²) in [6, 6.07) is 53.1. The second-order valence-electron chi connectivity index (χ2n) is 15.8. The molecule has 8 aromatic carbocycles. The van der Waals surface area contributed by atoms with Gasteiger partial charge >= 0.3 is 23.9 Å². The minimum absolute atomic E-state index is 0.0905. The van der Waals surface area contributed by atoms with Crippen molar-refractivity contribution in [3.05, 3.63) is 239 Å². The van der Waals surface area contributed by atoms with Crippen molar-refractivity contribution in [2.75, 3.05) is 0 Å². The summed E-state index contributed by atoms with van der Waals surface area (Å²) in [4.78, 5) is 79.2. The summed E-state index contributed by atoms with van der Waals surface area (Å²) in [6.07, 6.45) is 6.61. The van der Waals surface area contributed by atoms with Crippen LogP contribution < -0.4 is 9.47 Å². The van der Waals surface area contributed by atoms with E-state index in [2.05, 4.69) is 0 Å². The standard InChI is InChI=1S/C58H34O10/c59-51(41-7-3-1-4-8-41)29-15-35-11-17-37(18-12-35)39-21-25-43(26-22-39)65-53-33-49-47-31-45(53)46-32-48(56(62)67-55(47)61)50(58(64)68-57(49)63)34-54(46)66-44-27-23-40(24-28-44)38-19-13-36(14-20-38)16-30-52(60)42-9-5-2-6-10-42/h1-34H. The number of hydrogen-bond acceptors (Lipinski definition) is 10. The van der Waals surface area contributed by atoms with Crippen LogP contribution in [0.5, 0.6) is 23.0 Å². The van der Waals surface area contributed by atoms with Gasteiger partial charge in [-0.25, -0.2) is 19.2 Å². The normalized spacial score (nSPS) is 12.8. The molecule has 10 nitrogen and oxygen atoms in total. The third-order valence-corrected chi connectivity index (χ3v) is 11.4. The lowest BCUT2D eigenvalue weighted by Gasteiger charge is -2.17. The number of benzene rings is 8. The van der Waals surface area contributed by atoms with Crippen molar-refractivity contribution < 1.29 is 47.7 Å². The lowest BCUT2D eigenvalue weighted by molar-refractivity contribution is 0.0334. The zero-order valence-electron chi connectivity index (χ0n) is 35.7. The van der Waals surface area contributed by atoms with Gasteiger partial charge in [-0.05, 0) is 94.1 Å². The number of carbonyl (C=O) groups is 6. The van der Waals surface area contributed by atoms with E-state index in [9.17, 15) is 28.8 Å². The molecule has 0 atom stereocenters. The average Bonchev–Trinajstić information content (AvgIpc) is 3.39. The molecule has 0 radical (unpaired) electrons.